The largest absolute Gasteiger partial charge is 0.524 e. The molecule has 0 aliphatic heterocycles. The fraction of sp³-hybridized carbons (Fsp3) is 0.536. The zero-order valence-electron chi connectivity index (χ0n) is 22.2. The second-order valence-electron chi connectivity index (χ2n) is 9.49. The minimum Gasteiger partial charge on any atom is -0.404 e. The van der Waals surface area contributed by atoms with E-state index in [1.165, 1.54) is 43.4 Å². The van der Waals surface area contributed by atoms with Gasteiger partial charge >= 0.3 is 7.82 Å². The van der Waals surface area contributed by atoms with Crippen LogP contribution in [0.4, 0.5) is 0 Å². The predicted octanol–water partition coefficient (Wildman–Crippen LogP) is 5.81. The number of hydrogen-bond acceptors (Lipinski definition) is 4. The first kappa shape index (κ1) is 30.0. The Morgan fingerprint density at radius 2 is 1.36 bits per heavy atom. The summed E-state index contributed by atoms with van der Waals surface area (Å²) >= 11 is 0. The average Bonchev–Trinajstić information content (AvgIpc) is 2.86. The molecular formula is C28H43N2O5P. The summed E-state index contributed by atoms with van der Waals surface area (Å²) in [5.74, 6) is 1.40. The van der Waals surface area contributed by atoms with Crippen molar-refractivity contribution < 1.29 is 23.7 Å². The molecule has 2 aromatic rings. The van der Waals surface area contributed by atoms with Gasteiger partial charge in [0.25, 0.3) is 5.91 Å². The Labute approximate surface area is 216 Å². The molecule has 0 aromatic heterocycles. The fourth-order valence-corrected chi connectivity index (χ4v) is 4.72. The van der Waals surface area contributed by atoms with Crippen LogP contribution in [-0.2, 0) is 17.5 Å². The molecule has 0 radical (unpaired) electrons. The van der Waals surface area contributed by atoms with Crippen molar-refractivity contribution >= 4 is 13.7 Å². The van der Waals surface area contributed by atoms with E-state index in [9.17, 15) is 9.36 Å². The number of carbonyl (C=O) groups is 1. The van der Waals surface area contributed by atoms with Crippen molar-refractivity contribution in [1.29, 1.82) is 0 Å². The van der Waals surface area contributed by atoms with Crippen LogP contribution in [0.1, 0.15) is 74.9 Å². The van der Waals surface area contributed by atoms with Gasteiger partial charge in [0.05, 0.1) is 0 Å². The molecule has 0 unspecified atom stereocenters. The molecule has 7 nitrogen and oxygen atoms in total. The first-order valence-electron chi connectivity index (χ1n) is 13.1. The lowest BCUT2D eigenvalue weighted by Crippen LogP contribution is -2.33. The Morgan fingerprint density at radius 3 is 1.83 bits per heavy atom. The van der Waals surface area contributed by atoms with E-state index < -0.39 is 7.82 Å². The Balaban J connectivity index is 1.89. The molecule has 0 bridgehead atoms. The lowest BCUT2D eigenvalue weighted by Gasteiger charge is -2.30. The van der Waals surface area contributed by atoms with Crippen molar-refractivity contribution in [1.82, 2.24) is 10.2 Å². The third kappa shape index (κ3) is 10.8. The van der Waals surface area contributed by atoms with Crippen molar-refractivity contribution in [3.8, 4) is 5.75 Å². The van der Waals surface area contributed by atoms with E-state index in [-0.39, 0.29) is 11.7 Å². The van der Waals surface area contributed by atoms with Gasteiger partial charge in [-0.2, -0.15) is 0 Å². The summed E-state index contributed by atoms with van der Waals surface area (Å²) in [5, 5.41) is 2.94. The molecule has 2 rings (SSSR count). The van der Waals surface area contributed by atoms with Crippen LogP contribution >= 0.6 is 7.82 Å². The molecule has 2 aromatic carbocycles. The van der Waals surface area contributed by atoms with Crippen LogP contribution in [0.3, 0.4) is 0 Å². The number of hydrogen-bond donors (Lipinski definition) is 3. The van der Waals surface area contributed by atoms with Gasteiger partial charge in [-0.25, -0.2) is 4.57 Å². The van der Waals surface area contributed by atoms with Gasteiger partial charge in [-0.05, 0) is 53.6 Å². The van der Waals surface area contributed by atoms with Crippen LogP contribution in [-0.4, -0.2) is 40.2 Å². The van der Waals surface area contributed by atoms with E-state index in [1.54, 1.807) is 12.1 Å². The zero-order valence-corrected chi connectivity index (χ0v) is 23.0. The summed E-state index contributed by atoms with van der Waals surface area (Å²) < 4.78 is 15.4. The van der Waals surface area contributed by atoms with Gasteiger partial charge in [-0.3, -0.25) is 19.5 Å². The second kappa shape index (κ2) is 15.2. The van der Waals surface area contributed by atoms with E-state index in [4.69, 9.17) is 9.79 Å². The van der Waals surface area contributed by atoms with Gasteiger partial charge in [0.15, 0.2) is 0 Å². The maximum atomic E-state index is 12.6. The first-order chi connectivity index (χ1) is 17.2. The number of rotatable bonds is 16. The molecule has 0 saturated carbocycles. The number of benzene rings is 2. The van der Waals surface area contributed by atoms with Crippen LogP contribution in [0.25, 0.3) is 0 Å². The third-order valence-corrected chi connectivity index (χ3v) is 7.26. The van der Waals surface area contributed by atoms with Crippen molar-refractivity contribution in [3.63, 3.8) is 0 Å². The number of amides is 1. The van der Waals surface area contributed by atoms with Crippen LogP contribution in [0, 0.1) is 11.8 Å². The van der Waals surface area contributed by atoms with E-state index in [0.29, 0.717) is 30.4 Å². The van der Waals surface area contributed by atoms with E-state index in [0.717, 1.165) is 25.2 Å². The molecule has 1 amide bonds. The monoisotopic (exact) mass is 518 g/mol. The van der Waals surface area contributed by atoms with E-state index in [1.807, 2.05) is 12.1 Å². The Hall–Kier alpha value is -2.18. The van der Waals surface area contributed by atoms with Gasteiger partial charge in [-0.1, -0.05) is 77.6 Å². The summed E-state index contributed by atoms with van der Waals surface area (Å²) in [6, 6.07) is 14.4. The number of phosphoric ester groups is 1. The van der Waals surface area contributed by atoms with Gasteiger partial charge in [0, 0.05) is 31.7 Å². The average molecular weight is 519 g/mol. The van der Waals surface area contributed by atoms with Crippen LogP contribution in [0.15, 0.2) is 48.5 Å². The molecule has 200 valence electrons. The van der Waals surface area contributed by atoms with Gasteiger partial charge in [0.2, 0.25) is 0 Å². The first-order valence-corrected chi connectivity index (χ1v) is 14.6. The minimum atomic E-state index is -4.56. The molecule has 0 heterocycles. The molecule has 8 heteroatoms. The Kier molecular flexibility index (Phi) is 12.7. The van der Waals surface area contributed by atoms with Gasteiger partial charge < -0.3 is 9.84 Å². The molecular weight excluding hydrogens is 475 g/mol. The van der Waals surface area contributed by atoms with Crippen molar-refractivity contribution in [2.45, 2.75) is 66.3 Å². The summed E-state index contributed by atoms with van der Waals surface area (Å²) in [4.78, 5) is 32.9. The van der Waals surface area contributed by atoms with Crippen molar-refractivity contribution in [2.24, 2.45) is 11.8 Å². The van der Waals surface area contributed by atoms with Crippen LogP contribution < -0.4 is 9.84 Å². The molecule has 0 atom stereocenters. The molecule has 36 heavy (non-hydrogen) atoms. The highest BCUT2D eigenvalue weighted by Gasteiger charge is 2.17. The van der Waals surface area contributed by atoms with Crippen LogP contribution in [0.2, 0.25) is 0 Å². The number of carbonyl (C=O) groups excluding carboxylic acids is 1. The third-order valence-electron chi connectivity index (χ3n) is 6.81. The van der Waals surface area contributed by atoms with Gasteiger partial charge in [0.1, 0.15) is 5.75 Å². The summed E-state index contributed by atoms with van der Waals surface area (Å²) in [5.41, 5.74) is 2.79. The summed E-state index contributed by atoms with van der Waals surface area (Å²) in [7, 11) is -4.56. The quantitative estimate of drug-likeness (QED) is 0.243. The molecule has 0 saturated heterocycles. The molecule has 0 aliphatic rings. The highest BCUT2D eigenvalue weighted by atomic mass is 31.2. The standard InChI is InChI=1S/C28H43N2O5P/c1-5-22(6-2)19-30(20-23(7-3)8-4)21-25-9-13-26(14-10-25)28(31)29-18-17-24-11-15-27(16-12-24)35-36(32,33)34/h9-16,22-23H,5-8,17-21H2,1-4H3,(H,29,31)(H2,32,33,34). The topological polar surface area (TPSA) is 99.1 Å². The maximum absolute atomic E-state index is 12.6. The lowest BCUT2D eigenvalue weighted by atomic mass is 9.99. The fourth-order valence-electron chi connectivity index (χ4n) is 4.32. The predicted molar refractivity (Wildman–Crippen MR) is 145 cm³/mol. The Morgan fingerprint density at radius 1 is 0.861 bits per heavy atom. The SMILES string of the molecule is CCC(CC)CN(Cc1ccc(C(=O)NCCc2ccc(OP(=O)(O)O)cc2)cc1)CC(CC)CC. The van der Waals surface area contributed by atoms with Crippen molar-refractivity contribution in [2.75, 3.05) is 19.6 Å². The van der Waals surface area contributed by atoms with E-state index >= 15 is 0 Å². The van der Waals surface area contributed by atoms with Gasteiger partial charge in [-0.15, -0.1) is 0 Å². The van der Waals surface area contributed by atoms with Crippen molar-refractivity contribution in [3.05, 3.63) is 65.2 Å². The highest BCUT2D eigenvalue weighted by molar-refractivity contribution is 7.46. The normalized spacial score (nSPS) is 11.9. The Bertz CT molecular complexity index is 937. The van der Waals surface area contributed by atoms with Crippen LogP contribution in [0.5, 0.6) is 5.75 Å². The molecule has 3 N–H and O–H groups in total. The minimum absolute atomic E-state index is 0.106. The maximum Gasteiger partial charge on any atom is 0.524 e. The molecule has 0 fully saturated rings. The smallest absolute Gasteiger partial charge is 0.404 e. The summed E-state index contributed by atoms with van der Waals surface area (Å²) in [6.45, 7) is 12.7. The number of phosphoric acid groups is 1. The van der Waals surface area contributed by atoms with E-state index in [2.05, 4.69) is 54.6 Å². The second-order valence-corrected chi connectivity index (χ2v) is 10.7. The summed E-state index contributed by atoms with van der Waals surface area (Å²) in [6.07, 6.45) is 5.38. The number of nitrogens with one attached hydrogen (secondary N) is 1. The molecule has 0 aliphatic carbocycles. The zero-order chi connectivity index (χ0) is 26.6. The highest BCUT2D eigenvalue weighted by Crippen LogP contribution is 2.37. The molecule has 0 spiro atoms. The lowest BCUT2D eigenvalue weighted by molar-refractivity contribution is 0.0954. The number of nitrogens with zero attached hydrogens (tertiary/aromatic N) is 1.